The third-order valence-corrected chi connectivity index (χ3v) is 6.78. The molecule has 1 saturated heterocycles. The average Bonchev–Trinajstić information content (AvgIpc) is 2.76. The van der Waals surface area contributed by atoms with Gasteiger partial charge in [-0.1, -0.05) is 30.4 Å². The fourth-order valence-corrected chi connectivity index (χ4v) is 4.74. The first-order valence-electron chi connectivity index (χ1n) is 10.5. The molecule has 0 radical (unpaired) electrons. The number of hydrogen-bond donors (Lipinski definition) is 3. The molecule has 0 spiro atoms. The van der Waals surface area contributed by atoms with Gasteiger partial charge in [-0.15, -0.1) is 0 Å². The summed E-state index contributed by atoms with van der Waals surface area (Å²) < 4.78 is 72.0. The molecule has 11 heteroatoms. The summed E-state index contributed by atoms with van der Waals surface area (Å²) in [6.45, 7) is 0.555. The number of urea groups is 1. The van der Waals surface area contributed by atoms with E-state index in [0.29, 0.717) is 5.56 Å². The van der Waals surface area contributed by atoms with E-state index in [2.05, 4.69) is 15.4 Å². The first-order chi connectivity index (χ1) is 16.1. The second-order valence-electron chi connectivity index (χ2n) is 7.86. The van der Waals surface area contributed by atoms with E-state index < -0.39 is 27.8 Å². The Balaban J connectivity index is 1.61. The molecule has 0 aromatic heterocycles. The van der Waals surface area contributed by atoms with Crippen molar-refractivity contribution in [2.45, 2.75) is 30.0 Å². The minimum absolute atomic E-state index is 0.0546. The predicted octanol–water partition coefficient (Wildman–Crippen LogP) is 4.76. The summed E-state index contributed by atoms with van der Waals surface area (Å²) in [5, 5.41) is 4.96. The van der Waals surface area contributed by atoms with Gasteiger partial charge in [-0.3, -0.25) is 0 Å². The summed E-state index contributed by atoms with van der Waals surface area (Å²) in [6.07, 6.45) is 2.89. The van der Waals surface area contributed by atoms with E-state index in [1.54, 1.807) is 6.07 Å². The van der Waals surface area contributed by atoms with Crippen molar-refractivity contribution in [2.24, 2.45) is 0 Å². The minimum Gasteiger partial charge on any atom is -0.378 e. The standard InChI is InChI=1S/C23H22F3N3O4S/c24-23(25,26)16-7-4-8-17(11-16)27-22(30)28-21-12-19(34(31,32)29-18-13-33-14-18)9-10-20(21)15-5-2-1-3-6-15/h2,4-12,18,29H,1,3,13-14H2,(H2,27,28,30). The van der Waals surface area contributed by atoms with Crippen molar-refractivity contribution in [3.8, 4) is 0 Å². The summed E-state index contributed by atoms with van der Waals surface area (Å²) in [7, 11) is -3.87. The van der Waals surface area contributed by atoms with Crippen molar-refractivity contribution >= 4 is 33.0 Å². The number of alkyl halides is 3. The Morgan fingerprint density at radius 1 is 1.03 bits per heavy atom. The lowest BCUT2D eigenvalue weighted by atomic mass is 9.98. The third-order valence-electron chi connectivity index (χ3n) is 5.26. The van der Waals surface area contributed by atoms with Crippen LogP contribution in [0.15, 0.2) is 65.6 Å². The molecule has 0 unspecified atom stereocenters. The molecule has 34 heavy (non-hydrogen) atoms. The van der Waals surface area contributed by atoms with Crippen LogP contribution in [-0.4, -0.2) is 33.7 Å². The number of ether oxygens (including phenoxy) is 1. The highest BCUT2D eigenvalue weighted by Crippen LogP contribution is 2.32. The monoisotopic (exact) mass is 493 g/mol. The van der Waals surface area contributed by atoms with Crippen LogP contribution in [0.4, 0.5) is 29.3 Å². The Hall–Kier alpha value is -3.15. The number of carbonyl (C=O) groups excluding carboxylic acids is 1. The summed E-state index contributed by atoms with van der Waals surface area (Å²) in [5.41, 5.74) is 0.629. The lowest BCUT2D eigenvalue weighted by molar-refractivity contribution is -0.137. The predicted molar refractivity (Wildman–Crippen MR) is 122 cm³/mol. The molecule has 1 fully saturated rings. The van der Waals surface area contributed by atoms with Crippen LogP contribution in [0.1, 0.15) is 24.0 Å². The highest BCUT2D eigenvalue weighted by molar-refractivity contribution is 7.89. The Kier molecular flexibility index (Phi) is 6.78. The van der Waals surface area contributed by atoms with Gasteiger partial charge in [-0.2, -0.15) is 13.2 Å². The van der Waals surface area contributed by atoms with Crippen molar-refractivity contribution in [1.82, 2.24) is 4.72 Å². The Morgan fingerprint density at radius 2 is 1.82 bits per heavy atom. The molecule has 2 aliphatic rings. The Labute approximate surface area is 194 Å². The molecular formula is C23H22F3N3O4S. The number of halogens is 3. The van der Waals surface area contributed by atoms with Crippen LogP contribution in [0.2, 0.25) is 0 Å². The fraction of sp³-hybridized carbons (Fsp3) is 0.261. The number of amides is 2. The molecule has 2 aromatic rings. The summed E-state index contributed by atoms with van der Waals surface area (Å²) in [6, 6.07) is 7.45. The number of rotatable bonds is 6. The van der Waals surface area contributed by atoms with E-state index in [1.807, 2.05) is 18.2 Å². The van der Waals surface area contributed by atoms with Crippen LogP contribution in [0.5, 0.6) is 0 Å². The van der Waals surface area contributed by atoms with Crippen LogP contribution in [0.3, 0.4) is 0 Å². The van der Waals surface area contributed by atoms with E-state index in [-0.39, 0.29) is 35.5 Å². The third kappa shape index (κ3) is 5.66. The zero-order valence-corrected chi connectivity index (χ0v) is 18.7. The quantitative estimate of drug-likeness (QED) is 0.541. The molecular weight excluding hydrogens is 471 g/mol. The topological polar surface area (TPSA) is 96.5 Å². The van der Waals surface area contributed by atoms with Gasteiger partial charge < -0.3 is 15.4 Å². The van der Waals surface area contributed by atoms with E-state index in [4.69, 9.17) is 4.74 Å². The number of carbonyl (C=O) groups is 1. The molecule has 7 nitrogen and oxygen atoms in total. The van der Waals surface area contributed by atoms with Gasteiger partial charge in [-0.05, 0) is 48.7 Å². The van der Waals surface area contributed by atoms with Crippen molar-refractivity contribution in [2.75, 3.05) is 23.8 Å². The second-order valence-corrected chi connectivity index (χ2v) is 9.57. The van der Waals surface area contributed by atoms with E-state index in [0.717, 1.165) is 30.5 Å². The van der Waals surface area contributed by atoms with Crippen LogP contribution in [0, 0.1) is 0 Å². The molecule has 180 valence electrons. The smallest absolute Gasteiger partial charge is 0.378 e. The molecule has 4 rings (SSSR count). The molecule has 3 N–H and O–H groups in total. The zero-order valence-electron chi connectivity index (χ0n) is 17.9. The minimum atomic E-state index is -4.55. The average molecular weight is 494 g/mol. The molecule has 2 aromatic carbocycles. The van der Waals surface area contributed by atoms with Gasteiger partial charge in [0.2, 0.25) is 10.0 Å². The van der Waals surface area contributed by atoms with Gasteiger partial charge in [-0.25, -0.2) is 17.9 Å². The normalized spacial score (nSPS) is 16.5. The molecule has 0 atom stereocenters. The summed E-state index contributed by atoms with van der Waals surface area (Å²) in [5.74, 6) is 0. The van der Waals surface area contributed by atoms with Gasteiger partial charge in [0.15, 0.2) is 0 Å². The van der Waals surface area contributed by atoms with E-state index in [1.165, 1.54) is 24.3 Å². The molecule has 1 aliphatic carbocycles. The first kappa shape index (κ1) is 24.0. The van der Waals surface area contributed by atoms with E-state index in [9.17, 15) is 26.4 Å². The number of nitrogens with one attached hydrogen (secondary N) is 3. The number of benzene rings is 2. The number of sulfonamides is 1. The largest absolute Gasteiger partial charge is 0.416 e. The van der Waals surface area contributed by atoms with Gasteiger partial charge in [0, 0.05) is 11.3 Å². The van der Waals surface area contributed by atoms with E-state index >= 15 is 0 Å². The molecule has 1 heterocycles. The maximum atomic E-state index is 13.0. The van der Waals surface area contributed by atoms with Crippen LogP contribution in [-0.2, 0) is 20.9 Å². The molecule has 0 bridgehead atoms. The molecule has 0 saturated carbocycles. The summed E-state index contributed by atoms with van der Waals surface area (Å²) >= 11 is 0. The molecule has 2 amide bonds. The van der Waals surface area contributed by atoms with Crippen LogP contribution in [0.25, 0.3) is 5.57 Å². The SMILES string of the molecule is O=C(Nc1cccc(C(F)(F)F)c1)Nc1cc(S(=O)(=O)NC2COC2)ccc1C1=CCCC=C1. The van der Waals surface area contributed by atoms with Crippen molar-refractivity contribution in [3.05, 3.63) is 71.8 Å². The van der Waals surface area contributed by atoms with Crippen molar-refractivity contribution < 1.29 is 31.1 Å². The Morgan fingerprint density at radius 3 is 2.47 bits per heavy atom. The highest BCUT2D eigenvalue weighted by Gasteiger charge is 2.30. The lowest BCUT2D eigenvalue weighted by Crippen LogP contribution is -2.48. The van der Waals surface area contributed by atoms with Crippen LogP contribution < -0.4 is 15.4 Å². The maximum absolute atomic E-state index is 13.0. The highest BCUT2D eigenvalue weighted by atomic mass is 32.2. The summed E-state index contributed by atoms with van der Waals surface area (Å²) in [4.78, 5) is 12.6. The van der Waals surface area contributed by atoms with Crippen molar-refractivity contribution in [1.29, 1.82) is 0 Å². The van der Waals surface area contributed by atoms with Crippen LogP contribution >= 0.6 is 0 Å². The van der Waals surface area contributed by atoms with Gasteiger partial charge in [0.25, 0.3) is 0 Å². The number of anilines is 2. The fourth-order valence-electron chi connectivity index (χ4n) is 3.51. The van der Waals surface area contributed by atoms with Gasteiger partial charge >= 0.3 is 12.2 Å². The van der Waals surface area contributed by atoms with Gasteiger partial charge in [0.05, 0.1) is 35.4 Å². The maximum Gasteiger partial charge on any atom is 0.416 e. The molecule has 1 aliphatic heterocycles. The first-order valence-corrected chi connectivity index (χ1v) is 12.0. The van der Waals surface area contributed by atoms with Gasteiger partial charge in [0.1, 0.15) is 0 Å². The lowest BCUT2D eigenvalue weighted by Gasteiger charge is -2.26. The number of allylic oxidation sites excluding steroid dienone is 4. The second kappa shape index (κ2) is 9.61. The van der Waals surface area contributed by atoms with Crippen molar-refractivity contribution in [3.63, 3.8) is 0 Å². The zero-order chi connectivity index (χ0) is 24.3. The number of hydrogen-bond acceptors (Lipinski definition) is 4. The Bertz CT molecular complexity index is 1250.